The molecule has 1 fully saturated rings. The minimum absolute atomic E-state index is 0.233. The summed E-state index contributed by atoms with van der Waals surface area (Å²) in [5, 5.41) is 0. The monoisotopic (exact) mass is 442 g/mol. The predicted molar refractivity (Wildman–Crippen MR) is 110 cm³/mol. The van der Waals surface area contributed by atoms with Gasteiger partial charge in [-0.15, -0.1) is 0 Å². The van der Waals surface area contributed by atoms with Crippen LogP contribution >= 0.6 is 0 Å². The fraction of sp³-hybridized carbons (Fsp3) is 0.304. The van der Waals surface area contributed by atoms with E-state index in [0.717, 1.165) is 23.4 Å². The second-order valence-corrected chi connectivity index (χ2v) is 7.62. The number of halogens is 3. The molecule has 3 heterocycles. The number of hydrogen-bond donors (Lipinski definition) is 0. The average molecular weight is 442 g/mol. The summed E-state index contributed by atoms with van der Waals surface area (Å²) in [5.74, 6) is -0.233. The molecule has 0 N–H and O–H groups in total. The molecule has 32 heavy (non-hydrogen) atoms. The minimum atomic E-state index is -4.38. The van der Waals surface area contributed by atoms with Crippen molar-refractivity contribution < 1.29 is 22.7 Å². The highest BCUT2D eigenvalue weighted by molar-refractivity contribution is 5.92. The first kappa shape index (κ1) is 21.9. The number of aryl methyl sites for hydroxylation is 1. The molecule has 1 amide bonds. The standard InChI is InChI=1S/C23H21F3N4O2/c1-15-9-17(10-16-3-2-4-18(11-16)23(24,25)26)12-19(29-15)21-14-30(7-8-32-21)22(31)20-13-27-5-6-28-20/h2-6,9,11-13,21H,7-8,10,14H2,1H3. The molecule has 1 aliphatic rings. The van der Waals surface area contributed by atoms with Gasteiger partial charge in [-0.05, 0) is 42.7 Å². The van der Waals surface area contributed by atoms with Gasteiger partial charge in [-0.3, -0.25) is 14.8 Å². The van der Waals surface area contributed by atoms with Crippen LogP contribution in [0, 0.1) is 6.92 Å². The molecule has 3 aromatic rings. The van der Waals surface area contributed by atoms with Crippen molar-refractivity contribution in [2.75, 3.05) is 19.7 Å². The van der Waals surface area contributed by atoms with Crippen LogP contribution in [0.15, 0.2) is 55.0 Å². The Hall–Kier alpha value is -3.33. The number of rotatable bonds is 4. The Kier molecular flexibility index (Phi) is 6.18. The summed E-state index contributed by atoms with van der Waals surface area (Å²) in [6.07, 6.45) is -0.108. The molecule has 1 unspecified atom stereocenters. The first-order valence-electron chi connectivity index (χ1n) is 10.1. The molecule has 0 radical (unpaired) electrons. The van der Waals surface area contributed by atoms with Crippen LogP contribution in [0.3, 0.4) is 0 Å². The van der Waals surface area contributed by atoms with Crippen LogP contribution in [0.2, 0.25) is 0 Å². The molecule has 6 nitrogen and oxygen atoms in total. The van der Waals surface area contributed by atoms with Gasteiger partial charge in [0.25, 0.3) is 5.91 Å². The SMILES string of the molecule is Cc1cc(Cc2cccc(C(F)(F)F)c2)cc(C2CN(C(=O)c3cnccn3)CCO2)n1. The van der Waals surface area contributed by atoms with Crippen molar-refractivity contribution in [3.63, 3.8) is 0 Å². The molecule has 1 saturated heterocycles. The smallest absolute Gasteiger partial charge is 0.368 e. The maximum absolute atomic E-state index is 13.0. The number of amides is 1. The molecule has 9 heteroatoms. The number of carbonyl (C=O) groups excluding carboxylic acids is 1. The van der Waals surface area contributed by atoms with Gasteiger partial charge in [0.1, 0.15) is 11.8 Å². The van der Waals surface area contributed by atoms with E-state index in [1.165, 1.54) is 24.7 Å². The summed E-state index contributed by atoms with van der Waals surface area (Å²) in [7, 11) is 0. The summed E-state index contributed by atoms with van der Waals surface area (Å²) in [4.78, 5) is 26.9. The number of hydrogen-bond acceptors (Lipinski definition) is 5. The van der Waals surface area contributed by atoms with Crippen LogP contribution in [0.4, 0.5) is 13.2 Å². The quantitative estimate of drug-likeness (QED) is 0.611. The van der Waals surface area contributed by atoms with Gasteiger partial charge < -0.3 is 9.64 Å². The highest BCUT2D eigenvalue weighted by Crippen LogP contribution is 2.30. The zero-order valence-electron chi connectivity index (χ0n) is 17.3. The van der Waals surface area contributed by atoms with E-state index in [1.54, 1.807) is 11.0 Å². The number of alkyl halides is 3. The second-order valence-electron chi connectivity index (χ2n) is 7.62. The molecular weight excluding hydrogens is 421 g/mol. The van der Waals surface area contributed by atoms with Crippen molar-refractivity contribution in [1.29, 1.82) is 0 Å². The fourth-order valence-corrected chi connectivity index (χ4v) is 3.71. The third kappa shape index (κ3) is 5.11. The average Bonchev–Trinajstić information content (AvgIpc) is 2.78. The molecule has 4 rings (SSSR count). The van der Waals surface area contributed by atoms with Crippen molar-refractivity contribution in [2.24, 2.45) is 0 Å². The van der Waals surface area contributed by atoms with Gasteiger partial charge in [0.15, 0.2) is 0 Å². The molecule has 2 aromatic heterocycles. The van der Waals surface area contributed by atoms with E-state index in [0.29, 0.717) is 37.4 Å². The summed E-state index contributed by atoms with van der Waals surface area (Å²) in [6.45, 7) is 2.89. The van der Waals surface area contributed by atoms with Crippen molar-refractivity contribution in [3.8, 4) is 0 Å². The highest BCUT2D eigenvalue weighted by atomic mass is 19.4. The van der Waals surface area contributed by atoms with Crippen LogP contribution in [0.1, 0.15) is 44.7 Å². The van der Waals surface area contributed by atoms with Crippen LogP contribution in [0.5, 0.6) is 0 Å². The van der Waals surface area contributed by atoms with Crippen molar-refractivity contribution in [2.45, 2.75) is 25.6 Å². The second kappa shape index (κ2) is 9.04. The molecule has 1 atom stereocenters. The Morgan fingerprint density at radius 3 is 2.78 bits per heavy atom. The summed E-state index contributed by atoms with van der Waals surface area (Å²) in [6, 6.07) is 8.97. The number of ether oxygens (including phenoxy) is 1. The van der Waals surface area contributed by atoms with E-state index in [-0.39, 0.29) is 11.6 Å². The molecule has 0 aliphatic carbocycles. The molecule has 0 bridgehead atoms. The molecule has 0 spiro atoms. The van der Waals surface area contributed by atoms with E-state index < -0.39 is 17.8 Å². The fourth-order valence-electron chi connectivity index (χ4n) is 3.71. The highest BCUT2D eigenvalue weighted by Gasteiger charge is 2.30. The Labute approximate surface area is 183 Å². The predicted octanol–water partition coefficient (Wildman–Crippen LogP) is 4.00. The number of aromatic nitrogens is 3. The number of carbonyl (C=O) groups is 1. The van der Waals surface area contributed by atoms with Gasteiger partial charge in [0.2, 0.25) is 0 Å². The van der Waals surface area contributed by atoms with Crippen LogP contribution < -0.4 is 0 Å². The number of morpholine rings is 1. The van der Waals surface area contributed by atoms with Crippen LogP contribution in [0.25, 0.3) is 0 Å². The lowest BCUT2D eigenvalue weighted by Gasteiger charge is -2.32. The minimum Gasteiger partial charge on any atom is -0.368 e. The normalized spacial score (nSPS) is 16.8. The molecule has 0 saturated carbocycles. The summed E-state index contributed by atoms with van der Waals surface area (Å²) in [5.41, 5.74) is 2.34. The molecule has 166 valence electrons. The van der Waals surface area contributed by atoms with Crippen LogP contribution in [-0.2, 0) is 17.3 Å². The third-order valence-corrected chi connectivity index (χ3v) is 5.16. The van der Waals surface area contributed by atoms with Gasteiger partial charge in [-0.1, -0.05) is 18.2 Å². The summed E-state index contributed by atoms with van der Waals surface area (Å²) < 4.78 is 45.0. The Bertz CT molecular complexity index is 1110. The maximum atomic E-state index is 13.0. The Morgan fingerprint density at radius 1 is 1.19 bits per heavy atom. The van der Waals surface area contributed by atoms with Crippen LogP contribution in [-0.4, -0.2) is 45.5 Å². The number of pyridine rings is 1. The van der Waals surface area contributed by atoms with E-state index in [9.17, 15) is 18.0 Å². The zero-order valence-corrected chi connectivity index (χ0v) is 17.3. The number of benzene rings is 1. The Balaban J connectivity index is 1.53. The van der Waals surface area contributed by atoms with Gasteiger partial charge in [0.05, 0.1) is 30.6 Å². The van der Waals surface area contributed by atoms with Crippen molar-refractivity contribution in [3.05, 3.63) is 88.8 Å². The molecular formula is C23H21F3N4O2. The van der Waals surface area contributed by atoms with E-state index >= 15 is 0 Å². The van der Waals surface area contributed by atoms with Gasteiger partial charge >= 0.3 is 6.18 Å². The van der Waals surface area contributed by atoms with Crippen molar-refractivity contribution in [1.82, 2.24) is 19.9 Å². The zero-order chi connectivity index (χ0) is 22.7. The van der Waals surface area contributed by atoms with E-state index in [4.69, 9.17) is 4.74 Å². The first-order valence-corrected chi connectivity index (χ1v) is 10.1. The van der Waals surface area contributed by atoms with E-state index in [2.05, 4.69) is 15.0 Å². The largest absolute Gasteiger partial charge is 0.416 e. The molecule has 1 aliphatic heterocycles. The summed E-state index contributed by atoms with van der Waals surface area (Å²) >= 11 is 0. The maximum Gasteiger partial charge on any atom is 0.416 e. The van der Waals surface area contributed by atoms with E-state index in [1.807, 2.05) is 19.1 Å². The lowest BCUT2D eigenvalue weighted by molar-refractivity contribution is -0.137. The lowest BCUT2D eigenvalue weighted by Crippen LogP contribution is -2.42. The Morgan fingerprint density at radius 2 is 2.03 bits per heavy atom. The number of nitrogens with zero attached hydrogens (tertiary/aromatic N) is 4. The lowest BCUT2D eigenvalue weighted by atomic mass is 10.0. The third-order valence-electron chi connectivity index (χ3n) is 5.16. The van der Waals surface area contributed by atoms with Gasteiger partial charge in [-0.25, -0.2) is 4.98 Å². The van der Waals surface area contributed by atoms with Crippen molar-refractivity contribution >= 4 is 5.91 Å². The topological polar surface area (TPSA) is 68.2 Å². The molecule has 1 aromatic carbocycles. The van der Waals surface area contributed by atoms with Gasteiger partial charge in [-0.2, -0.15) is 13.2 Å². The first-order chi connectivity index (χ1) is 15.3. The van der Waals surface area contributed by atoms with Gasteiger partial charge in [0, 0.05) is 24.6 Å².